The van der Waals surface area contributed by atoms with Crippen LogP contribution in [0.25, 0.3) is 10.8 Å². The van der Waals surface area contributed by atoms with Crippen LogP contribution in [-0.2, 0) is 16.1 Å². The molecule has 2 N–H and O–H groups in total. The standard InChI is InChI=1S/C24H26N2O3/c1-17(2)14-22(26-24(28)29-16-18-8-4-3-5-9-18)23(27)25-21-13-12-19-10-6-7-11-20(19)15-21/h3-13,15,17,22H,14,16H2,1-2H3,(H,25,27)(H,26,28). The van der Waals surface area contributed by atoms with E-state index in [-0.39, 0.29) is 18.4 Å². The van der Waals surface area contributed by atoms with Crippen LogP contribution in [-0.4, -0.2) is 18.0 Å². The highest BCUT2D eigenvalue weighted by Gasteiger charge is 2.23. The fourth-order valence-corrected chi connectivity index (χ4v) is 3.11. The van der Waals surface area contributed by atoms with Gasteiger partial charge in [0.2, 0.25) is 5.91 Å². The van der Waals surface area contributed by atoms with Gasteiger partial charge in [-0.15, -0.1) is 0 Å². The molecule has 0 fully saturated rings. The van der Waals surface area contributed by atoms with Crippen molar-refractivity contribution in [1.29, 1.82) is 0 Å². The van der Waals surface area contributed by atoms with E-state index in [1.54, 1.807) is 0 Å². The first kappa shape index (κ1) is 20.4. The number of hydrogen-bond donors (Lipinski definition) is 2. The quantitative estimate of drug-likeness (QED) is 0.588. The lowest BCUT2D eigenvalue weighted by Crippen LogP contribution is -2.44. The summed E-state index contributed by atoms with van der Waals surface area (Å²) in [5.41, 5.74) is 1.59. The Balaban J connectivity index is 1.63. The Morgan fingerprint density at radius 2 is 1.59 bits per heavy atom. The SMILES string of the molecule is CC(C)CC(NC(=O)OCc1ccccc1)C(=O)Nc1ccc2ccccc2c1. The van der Waals surface area contributed by atoms with Crippen molar-refractivity contribution >= 4 is 28.5 Å². The number of carbonyl (C=O) groups is 2. The molecule has 1 unspecified atom stereocenters. The van der Waals surface area contributed by atoms with Gasteiger partial charge in [0.05, 0.1) is 0 Å². The van der Waals surface area contributed by atoms with Crippen LogP contribution in [0.5, 0.6) is 0 Å². The summed E-state index contributed by atoms with van der Waals surface area (Å²) in [6, 6.07) is 22.5. The van der Waals surface area contributed by atoms with Crippen molar-refractivity contribution in [2.24, 2.45) is 5.92 Å². The molecule has 0 aliphatic heterocycles. The van der Waals surface area contributed by atoms with E-state index < -0.39 is 12.1 Å². The summed E-state index contributed by atoms with van der Waals surface area (Å²) in [4.78, 5) is 25.0. The number of rotatable bonds is 7. The molecule has 0 aliphatic carbocycles. The van der Waals surface area contributed by atoms with E-state index in [4.69, 9.17) is 4.74 Å². The lowest BCUT2D eigenvalue weighted by Gasteiger charge is -2.20. The monoisotopic (exact) mass is 390 g/mol. The van der Waals surface area contributed by atoms with Crippen LogP contribution in [0.15, 0.2) is 72.8 Å². The van der Waals surface area contributed by atoms with Crippen LogP contribution in [0.4, 0.5) is 10.5 Å². The maximum absolute atomic E-state index is 12.8. The van der Waals surface area contributed by atoms with Crippen LogP contribution in [0.1, 0.15) is 25.8 Å². The van der Waals surface area contributed by atoms with Gasteiger partial charge in [0, 0.05) is 5.69 Å². The molecule has 0 spiro atoms. The minimum atomic E-state index is -0.676. The van der Waals surface area contributed by atoms with Gasteiger partial charge in [-0.3, -0.25) is 4.79 Å². The number of alkyl carbamates (subject to hydrolysis) is 1. The Hall–Kier alpha value is -3.34. The first-order chi connectivity index (χ1) is 14.0. The van der Waals surface area contributed by atoms with Crippen LogP contribution in [0.2, 0.25) is 0 Å². The third-order valence-corrected chi connectivity index (χ3v) is 4.55. The Labute approximate surface area is 171 Å². The zero-order chi connectivity index (χ0) is 20.6. The van der Waals surface area contributed by atoms with E-state index in [1.165, 1.54) is 0 Å². The highest BCUT2D eigenvalue weighted by Crippen LogP contribution is 2.19. The first-order valence-corrected chi connectivity index (χ1v) is 9.78. The molecule has 0 heterocycles. The molecule has 0 saturated carbocycles. The van der Waals surface area contributed by atoms with Gasteiger partial charge < -0.3 is 15.4 Å². The van der Waals surface area contributed by atoms with Crippen molar-refractivity contribution in [3.63, 3.8) is 0 Å². The van der Waals surface area contributed by atoms with Gasteiger partial charge in [0.25, 0.3) is 0 Å². The third kappa shape index (κ3) is 6.07. The summed E-state index contributed by atoms with van der Waals surface area (Å²) < 4.78 is 5.27. The highest BCUT2D eigenvalue weighted by atomic mass is 16.5. The van der Waals surface area contributed by atoms with Crippen molar-refractivity contribution in [2.45, 2.75) is 32.9 Å². The molecular formula is C24H26N2O3. The number of fused-ring (bicyclic) bond motifs is 1. The predicted octanol–water partition coefficient (Wildman–Crippen LogP) is 5.12. The molecule has 3 aromatic rings. The molecule has 0 radical (unpaired) electrons. The van der Waals surface area contributed by atoms with Crippen molar-refractivity contribution in [3.8, 4) is 0 Å². The fourth-order valence-electron chi connectivity index (χ4n) is 3.11. The first-order valence-electron chi connectivity index (χ1n) is 9.78. The fraction of sp³-hybridized carbons (Fsp3) is 0.250. The van der Waals surface area contributed by atoms with Crippen LogP contribution < -0.4 is 10.6 Å². The van der Waals surface area contributed by atoms with Crippen molar-refractivity contribution in [1.82, 2.24) is 5.32 Å². The van der Waals surface area contributed by atoms with Gasteiger partial charge in [-0.05, 0) is 40.8 Å². The molecule has 1 atom stereocenters. The zero-order valence-electron chi connectivity index (χ0n) is 16.7. The normalized spacial score (nSPS) is 11.8. The summed E-state index contributed by atoms with van der Waals surface area (Å²) in [6.45, 7) is 4.17. The summed E-state index contributed by atoms with van der Waals surface area (Å²) in [6.07, 6.45) is -0.0898. The number of anilines is 1. The maximum atomic E-state index is 12.8. The number of nitrogens with one attached hydrogen (secondary N) is 2. The van der Waals surface area contributed by atoms with E-state index in [0.29, 0.717) is 12.1 Å². The smallest absolute Gasteiger partial charge is 0.408 e. The van der Waals surface area contributed by atoms with Crippen LogP contribution in [0.3, 0.4) is 0 Å². The summed E-state index contributed by atoms with van der Waals surface area (Å²) in [5, 5.41) is 7.76. The Kier molecular flexibility index (Phi) is 6.85. The lowest BCUT2D eigenvalue weighted by atomic mass is 10.0. The highest BCUT2D eigenvalue weighted by molar-refractivity contribution is 5.98. The van der Waals surface area contributed by atoms with E-state index in [1.807, 2.05) is 86.6 Å². The molecule has 0 saturated heterocycles. The zero-order valence-corrected chi connectivity index (χ0v) is 16.7. The summed E-state index contributed by atoms with van der Waals surface area (Å²) in [5.74, 6) is -0.0255. The molecular weight excluding hydrogens is 364 g/mol. The number of amides is 2. The predicted molar refractivity (Wildman–Crippen MR) is 116 cm³/mol. The molecule has 3 aromatic carbocycles. The van der Waals surface area contributed by atoms with Crippen LogP contribution >= 0.6 is 0 Å². The second-order valence-corrected chi connectivity index (χ2v) is 7.44. The number of benzene rings is 3. The minimum absolute atomic E-state index is 0.160. The molecule has 5 heteroatoms. The van der Waals surface area contributed by atoms with Gasteiger partial charge in [0.15, 0.2) is 0 Å². The van der Waals surface area contributed by atoms with Crippen LogP contribution in [0, 0.1) is 5.92 Å². The molecule has 5 nitrogen and oxygen atoms in total. The summed E-state index contributed by atoms with van der Waals surface area (Å²) >= 11 is 0. The van der Waals surface area contributed by atoms with Gasteiger partial charge >= 0.3 is 6.09 Å². The van der Waals surface area contributed by atoms with Gasteiger partial charge in [-0.2, -0.15) is 0 Å². The average molecular weight is 390 g/mol. The lowest BCUT2D eigenvalue weighted by molar-refractivity contribution is -0.118. The third-order valence-electron chi connectivity index (χ3n) is 4.55. The van der Waals surface area contributed by atoms with E-state index in [0.717, 1.165) is 16.3 Å². The molecule has 0 aromatic heterocycles. The largest absolute Gasteiger partial charge is 0.445 e. The Morgan fingerprint density at radius 3 is 2.31 bits per heavy atom. The molecule has 29 heavy (non-hydrogen) atoms. The number of hydrogen-bond acceptors (Lipinski definition) is 3. The van der Waals surface area contributed by atoms with Gasteiger partial charge in [0.1, 0.15) is 12.6 Å². The molecule has 0 aliphatic rings. The second kappa shape index (κ2) is 9.73. The van der Waals surface area contributed by atoms with E-state index in [9.17, 15) is 9.59 Å². The van der Waals surface area contributed by atoms with Gasteiger partial charge in [-0.1, -0.05) is 74.5 Å². The van der Waals surface area contributed by atoms with E-state index >= 15 is 0 Å². The molecule has 150 valence electrons. The van der Waals surface area contributed by atoms with Crippen molar-refractivity contribution in [3.05, 3.63) is 78.4 Å². The van der Waals surface area contributed by atoms with Crippen molar-refractivity contribution < 1.29 is 14.3 Å². The van der Waals surface area contributed by atoms with E-state index in [2.05, 4.69) is 10.6 Å². The number of carbonyl (C=O) groups excluding carboxylic acids is 2. The molecule has 3 rings (SSSR count). The average Bonchev–Trinajstić information content (AvgIpc) is 2.72. The number of ether oxygens (including phenoxy) is 1. The molecule has 2 amide bonds. The van der Waals surface area contributed by atoms with Gasteiger partial charge in [-0.25, -0.2) is 4.79 Å². The van der Waals surface area contributed by atoms with Crippen molar-refractivity contribution in [2.75, 3.05) is 5.32 Å². The Morgan fingerprint density at radius 1 is 0.897 bits per heavy atom. The maximum Gasteiger partial charge on any atom is 0.408 e. The second-order valence-electron chi connectivity index (χ2n) is 7.44. The summed E-state index contributed by atoms with van der Waals surface area (Å²) in [7, 11) is 0. The topological polar surface area (TPSA) is 67.4 Å². The Bertz CT molecular complexity index is 970. The minimum Gasteiger partial charge on any atom is -0.445 e. The molecule has 0 bridgehead atoms.